The minimum absolute atomic E-state index is 0.176. The predicted octanol–water partition coefficient (Wildman–Crippen LogP) is 0.776. The van der Waals surface area contributed by atoms with Gasteiger partial charge in [-0.15, -0.1) is 0 Å². The Kier molecular flexibility index (Phi) is 5.08. The molecule has 1 aliphatic rings. The van der Waals surface area contributed by atoms with Gasteiger partial charge in [0.2, 0.25) is 10.0 Å². The lowest BCUT2D eigenvalue weighted by Crippen LogP contribution is -2.36. The number of aliphatic hydroxyl groups excluding tert-OH is 1. The first-order valence-electron chi connectivity index (χ1n) is 7.17. The molecule has 7 heteroatoms. The maximum Gasteiger partial charge on any atom is 0.240 e. The van der Waals surface area contributed by atoms with Crippen LogP contribution in [0.2, 0.25) is 0 Å². The number of nitrogens with one attached hydrogen (secondary N) is 1. The first-order chi connectivity index (χ1) is 9.97. The third kappa shape index (κ3) is 3.66. The van der Waals surface area contributed by atoms with Crippen molar-refractivity contribution in [2.24, 2.45) is 5.92 Å². The molecule has 4 N–H and O–H groups in total. The highest BCUT2D eigenvalue weighted by atomic mass is 32.2. The molecule has 6 nitrogen and oxygen atoms in total. The fourth-order valence-electron chi connectivity index (χ4n) is 2.81. The second kappa shape index (κ2) is 6.64. The molecule has 0 aromatic heterocycles. The van der Waals surface area contributed by atoms with E-state index in [1.165, 1.54) is 13.1 Å². The SMILES string of the molecule is CNS(=O)(=O)c1ccc(N2CCCC(CCO)C2)c(N)c1. The van der Waals surface area contributed by atoms with Crippen LogP contribution in [0, 0.1) is 5.92 Å². The summed E-state index contributed by atoms with van der Waals surface area (Å²) in [5.74, 6) is 0.462. The molecule has 0 saturated carbocycles. The number of nitrogens with zero attached hydrogens (tertiary/aromatic N) is 1. The second-order valence-electron chi connectivity index (χ2n) is 5.39. The van der Waals surface area contributed by atoms with Gasteiger partial charge in [-0.25, -0.2) is 13.1 Å². The zero-order valence-corrected chi connectivity index (χ0v) is 13.1. The van der Waals surface area contributed by atoms with Gasteiger partial charge in [0.1, 0.15) is 0 Å². The molecule has 0 radical (unpaired) electrons. The molecule has 1 fully saturated rings. The predicted molar refractivity (Wildman–Crippen MR) is 83.7 cm³/mol. The van der Waals surface area contributed by atoms with Crippen molar-refractivity contribution in [1.29, 1.82) is 0 Å². The van der Waals surface area contributed by atoms with E-state index in [2.05, 4.69) is 9.62 Å². The van der Waals surface area contributed by atoms with Gasteiger partial charge in [-0.2, -0.15) is 0 Å². The number of hydrogen-bond acceptors (Lipinski definition) is 5. The molecular weight excluding hydrogens is 290 g/mol. The van der Waals surface area contributed by atoms with Crippen LogP contribution in [0.3, 0.4) is 0 Å². The first kappa shape index (κ1) is 16.1. The van der Waals surface area contributed by atoms with E-state index in [0.29, 0.717) is 11.6 Å². The van der Waals surface area contributed by atoms with Crippen molar-refractivity contribution < 1.29 is 13.5 Å². The molecule has 0 spiro atoms. The molecule has 21 heavy (non-hydrogen) atoms. The minimum Gasteiger partial charge on any atom is -0.397 e. The Balaban J connectivity index is 2.21. The number of piperidine rings is 1. The lowest BCUT2D eigenvalue weighted by Gasteiger charge is -2.35. The van der Waals surface area contributed by atoms with E-state index in [0.717, 1.165) is 38.0 Å². The van der Waals surface area contributed by atoms with E-state index in [9.17, 15) is 8.42 Å². The van der Waals surface area contributed by atoms with Crippen LogP contribution in [-0.2, 0) is 10.0 Å². The number of nitrogens with two attached hydrogens (primary N) is 1. The summed E-state index contributed by atoms with van der Waals surface area (Å²) in [5.41, 5.74) is 7.38. The number of sulfonamides is 1. The van der Waals surface area contributed by atoms with E-state index >= 15 is 0 Å². The molecule has 2 rings (SSSR count). The number of hydrogen-bond donors (Lipinski definition) is 3. The lowest BCUT2D eigenvalue weighted by molar-refractivity contribution is 0.244. The number of rotatable bonds is 5. The van der Waals surface area contributed by atoms with Crippen molar-refractivity contribution in [3.63, 3.8) is 0 Å². The van der Waals surface area contributed by atoms with Crippen molar-refractivity contribution in [3.8, 4) is 0 Å². The number of aliphatic hydroxyl groups is 1. The second-order valence-corrected chi connectivity index (χ2v) is 7.28. The van der Waals surface area contributed by atoms with Crippen LogP contribution >= 0.6 is 0 Å². The van der Waals surface area contributed by atoms with E-state index < -0.39 is 10.0 Å². The third-order valence-electron chi connectivity index (χ3n) is 3.98. The summed E-state index contributed by atoms with van der Waals surface area (Å²) in [6, 6.07) is 4.84. The Bertz CT molecular complexity index is 587. The molecule has 118 valence electrons. The highest BCUT2D eigenvalue weighted by molar-refractivity contribution is 7.89. The first-order valence-corrected chi connectivity index (χ1v) is 8.65. The van der Waals surface area contributed by atoms with Crippen LogP contribution in [0.4, 0.5) is 11.4 Å². The molecule has 1 aromatic rings. The zero-order valence-electron chi connectivity index (χ0n) is 12.2. The molecule has 0 aliphatic carbocycles. The van der Waals surface area contributed by atoms with Crippen LogP contribution in [0.15, 0.2) is 23.1 Å². The summed E-state index contributed by atoms with van der Waals surface area (Å²) in [6.45, 7) is 1.96. The standard InChI is InChI=1S/C14H23N3O3S/c1-16-21(19,20)12-4-5-14(13(15)9-12)17-7-2-3-11(10-17)6-8-18/h4-5,9,11,16,18H,2-3,6-8,10,15H2,1H3. The minimum atomic E-state index is -3.47. The van der Waals surface area contributed by atoms with Crippen molar-refractivity contribution in [2.75, 3.05) is 37.4 Å². The quantitative estimate of drug-likeness (QED) is 0.698. The van der Waals surface area contributed by atoms with Gasteiger partial charge in [0, 0.05) is 19.7 Å². The number of nitrogen functional groups attached to an aromatic ring is 1. The highest BCUT2D eigenvalue weighted by Gasteiger charge is 2.22. The Labute approximate surface area is 126 Å². The van der Waals surface area contributed by atoms with E-state index in [1.807, 2.05) is 0 Å². The maximum absolute atomic E-state index is 11.8. The van der Waals surface area contributed by atoms with Gasteiger partial charge < -0.3 is 15.7 Å². The lowest BCUT2D eigenvalue weighted by atomic mass is 9.94. The fraction of sp³-hybridized carbons (Fsp3) is 0.571. The van der Waals surface area contributed by atoms with Crippen LogP contribution < -0.4 is 15.4 Å². The molecule has 1 aromatic carbocycles. The zero-order chi connectivity index (χ0) is 15.5. The molecule has 1 saturated heterocycles. The van der Waals surface area contributed by atoms with Crippen LogP contribution in [-0.4, -0.2) is 40.3 Å². The molecule has 1 heterocycles. The summed E-state index contributed by atoms with van der Waals surface area (Å²) in [5, 5.41) is 9.07. The molecule has 0 amide bonds. The van der Waals surface area contributed by atoms with Crippen LogP contribution in [0.5, 0.6) is 0 Å². The van der Waals surface area contributed by atoms with Crippen LogP contribution in [0.25, 0.3) is 0 Å². The molecule has 1 atom stereocenters. The summed E-state index contributed by atoms with van der Waals surface area (Å²) in [6.07, 6.45) is 2.96. The average Bonchev–Trinajstić information content (AvgIpc) is 2.47. The van der Waals surface area contributed by atoms with Crippen LogP contribution in [0.1, 0.15) is 19.3 Å². The smallest absolute Gasteiger partial charge is 0.240 e. The summed E-state index contributed by atoms with van der Waals surface area (Å²) in [4.78, 5) is 2.35. The van der Waals surface area contributed by atoms with Crippen molar-refractivity contribution >= 4 is 21.4 Å². The van der Waals surface area contributed by atoms with E-state index in [-0.39, 0.29) is 11.5 Å². The Hall–Kier alpha value is -1.31. The monoisotopic (exact) mass is 313 g/mol. The molecule has 1 unspecified atom stereocenters. The molecule has 1 aliphatic heterocycles. The maximum atomic E-state index is 11.8. The number of anilines is 2. The Morgan fingerprint density at radius 2 is 2.24 bits per heavy atom. The Morgan fingerprint density at radius 1 is 1.48 bits per heavy atom. The van der Waals surface area contributed by atoms with Crippen molar-refractivity contribution in [2.45, 2.75) is 24.2 Å². The van der Waals surface area contributed by atoms with Crippen molar-refractivity contribution in [1.82, 2.24) is 4.72 Å². The van der Waals surface area contributed by atoms with E-state index in [1.54, 1.807) is 12.1 Å². The molecule has 0 bridgehead atoms. The number of benzene rings is 1. The largest absolute Gasteiger partial charge is 0.397 e. The topological polar surface area (TPSA) is 95.7 Å². The summed E-state index contributed by atoms with van der Waals surface area (Å²) >= 11 is 0. The van der Waals surface area contributed by atoms with E-state index in [4.69, 9.17) is 10.8 Å². The van der Waals surface area contributed by atoms with Gasteiger partial charge >= 0.3 is 0 Å². The normalized spacial score (nSPS) is 19.7. The van der Waals surface area contributed by atoms with Gasteiger partial charge in [-0.3, -0.25) is 0 Å². The van der Waals surface area contributed by atoms with Gasteiger partial charge in [0.05, 0.1) is 16.3 Å². The van der Waals surface area contributed by atoms with Crippen molar-refractivity contribution in [3.05, 3.63) is 18.2 Å². The third-order valence-corrected chi connectivity index (χ3v) is 5.39. The fourth-order valence-corrected chi connectivity index (χ4v) is 3.57. The summed E-state index contributed by atoms with van der Waals surface area (Å²) < 4.78 is 25.8. The van der Waals surface area contributed by atoms with Gasteiger partial charge in [0.15, 0.2) is 0 Å². The average molecular weight is 313 g/mol. The summed E-state index contributed by atoms with van der Waals surface area (Å²) in [7, 11) is -2.09. The van der Waals surface area contributed by atoms with Gasteiger partial charge in [-0.05, 0) is 50.4 Å². The van der Waals surface area contributed by atoms with Gasteiger partial charge in [-0.1, -0.05) is 0 Å². The molecular formula is C14H23N3O3S. The van der Waals surface area contributed by atoms with Gasteiger partial charge in [0.25, 0.3) is 0 Å². The Morgan fingerprint density at radius 3 is 2.86 bits per heavy atom. The highest BCUT2D eigenvalue weighted by Crippen LogP contribution is 2.30.